The zero-order valence-corrected chi connectivity index (χ0v) is 19.9. The zero-order chi connectivity index (χ0) is 19.0. The summed E-state index contributed by atoms with van der Waals surface area (Å²) < 4.78 is 23.8. The number of ether oxygens (including phenoxy) is 4. The van der Waals surface area contributed by atoms with Gasteiger partial charge in [-0.2, -0.15) is 0 Å². The summed E-state index contributed by atoms with van der Waals surface area (Å²) in [7, 11) is 0. The van der Waals surface area contributed by atoms with Gasteiger partial charge in [0.05, 0.1) is 26.4 Å². The summed E-state index contributed by atoms with van der Waals surface area (Å²) in [5, 5.41) is 11.3. The minimum absolute atomic E-state index is 0. The Hall–Kier alpha value is 0.540. The average molecular weight is 455 g/mol. The van der Waals surface area contributed by atoms with Crippen LogP contribution in [-0.4, -0.2) is 43.3 Å². The topological polar surface area (TPSA) is 57.2 Å². The molecule has 0 aliphatic heterocycles. The van der Waals surface area contributed by atoms with Gasteiger partial charge in [-0.05, 0) is 25.7 Å². The Morgan fingerprint density at radius 3 is 1.15 bits per heavy atom. The zero-order valence-electron chi connectivity index (χ0n) is 17.7. The van der Waals surface area contributed by atoms with Gasteiger partial charge in [-0.25, -0.2) is 0 Å². The molecule has 0 rings (SSSR count). The van der Waals surface area contributed by atoms with Gasteiger partial charge in [0.2, 0.25) is 0 Å². The molecule has 0 spiro atoms. The molecule has 6 heteroatoms. The smallest absolute Gasteiger partial charge is 0.338 e. The first kappa shape index (κ1) is 28.7. The molecule has 26 heavy (non-hydrogen) atoms. The van der Waals surface area contributed by atoms with Crippen LogP contribution in [0.2, 0.25) is 0 Å². The molecule has 1 radical (unpaired) electrons. The van der Waals surface area contributed by atoms with E-state index in [-0.39, 0.29) is 22.4 Å². The van der Waals surface area contributed by atoms with Crippen molar-refractivity contribution in [3.05, 3.63) is 0 Å². The van der Waals surface area contributed by atoms with Crippen molar-refractivity contribution in [2.45, 2.75) is 104 Å². The van der Waals surface area contributed by atoms with Gasteiger partial charge in [0.25, 0.3) is 5.79 Å². The Labute approximate surface area is 177 Å². The van der Waals surface area contributed by atoms with Gasteiger partial charge in [-0.3, -0.25) is 0 Å². The summed E-state index contributed by atoms with van der Waals surface area (Å²) in [6.07, 6.45) is 7.95. The van der Waals surface area contributed by atoms with E-state index in [2.05, 4.69) is 27.7 Å². The van der Waals surface area contributed by atoms with Crippen LogP contribution < -0.4 is 0 Å². The Balaban J connectivity index is 0. The molecule has 1 N–H and O–H groups in total. The summed E-state index contributed by atoms with van der Waals surface area (Å²) >= 11 is 0. The van der Waals surface area contributed by atoms with Crippen molar-refractivity contribution in [2.24, 2.45) is 0 Å². The first-order chi connectivity index (χ1) is 12.1. The Kier molecular flexibility index (Phi) is 19.5. The fraction of sp³-hybridized carbons (Fsp3) is 1.00. The Bertz CT molecular complexity index is 282. The standard InChI is InChI=1S/C20H42O5.Nb/c1-6-11-15-22-19(10-5,23-16-12-7-2)20(21,24-17-13-8-3)25-18-14-9-4;/h21H,6-18H2,1-5H3;. The van der Waals surface area contributed by atoms with Gasteiger partial charge < -0.3 is 24.1 Å². The predicted octanol–water partition coefficient (Wildman–Crippen LogP) is 5.00. The Morgan fingerprint density at radius 1 is 0.577 bits per heavy atom. The first-order valence-corrected chi connectivity index (χ1v) is 10.3. The molecule has 0 aromatic rings. The minimum atomic E-state index is -1.88. The molecule has 0 saturated carbocycles. The summed E-state index contributed by atoms with van der Waals surface area (Å²) in [6, 6.07) is 0. The van der Waals surface area contributed by atoms with E-state index in [1.54, 1.807) is 0 Å². The summed E-state index contributed by atoms with van der Waals surface area (Å²) in [5.41, 5.74) is 0. The summed E-state index contributed by atoms with van der Waals surface area (Å²) in [4.78, 5) is 0. The molecule has 0 atom stereocenters. The molecule has 0 aliphatic rings. The molecule has 0 unspecified atom stereocenters. The molecule has 0 fully saturated rings. The molecule has 5 nitrogen and oxygen atoms in total. The van der Waals surface area contributed by atoms with E-state index in [9.17, 15) is 5.11 Å². The van der Waals surface area contributed by atoms with Crippen molar-refractivity contribution in [2.75, 3.05) is 26.4 Å². The average Bonchev–Trinajstić information content (AvgIpc) is 2.61. The van der Waals surface area contributed by atoms with Crippen molar-refractivity contribution >= 4 is 0 Å². The fourth-order valence-corrected chi connectivity index (χ4v) is 2.39. The van der Waals surface area contributed by atoms with E-state index in [0.717, 1.165) is 51.4 Å². The monoisotopic (exact) mass is 455 g/mol. The molecule has 0 heterocycles. The molecule has 0 bridgehead atoms. The number of aliphatic hydroxyl groups is 1. The number of hydrogen-bond acceptors (Lipinski definition) is 5. The number of unbranched alkanes of at least 4 members (excludes halogenated alkanes) is 4. The third kappa shape index (κ3) is 10.2. The minimum Gasteiger partial charge on any atom is -0.343 e. The second-order valence-corrected chi connectivity index (χ2v) is 6.50. The fourth-order valence-electron chi connectivity index (χ4n) is 2.39. The maximum Gasteiger partial charge on any atom is 0.338 e. The third-order valence-corrected chi connectivity index (χ3v) is 4.20. The van der Waals surface area contributed by atoms with E-state index < -0.39 is 11.8 Å². The largest absolute Gasteiger partial charge is 0.343 e. The molecule has 0 saturated heterocycles. The van der Waals surface area contributed by atoms with Crippen molar-refractivity contribution in [1.82, 2.24) is 0 Å². The van der Waals surface area contributed by atoms with Gasteiger partial charge in [-0.1, -0.05) is 60.3 Å². The van der Waals surface area contributed by atoms with E-state index in [1.807, 2.05) is 6.92 Å². The maximum absolute atomic E-state index is 11.3. The molecule has 157 valence electrons. The number of rotatable bonds is 18. The molecular weight excluding hydrogens is 413 g/mol. The summed E-state index contributed by atoms with van der Waals surface area (Å²) in [6.45, 7) is 12.2. The molecular formula is C20H42NbO5. The van der Waals surface area contributed by atoms with Gasteiger partial charge in [0.1, 0.15) is 0 Å². The van der Waals surface area contributed by atoms with Gasteiger partial charge >= 0.3 is 5.97 Å². The van der Waals surface area contributed by atoms with E-state index in [0.29, 0.717) is 32.8 Å². The first-order valence-electron chi connectivity index (χ1n) is 10.3. The van der Waals surface area contributed by atoms with E-state index in [4.69, 9.17) is 18.9 Å². The molecule has 0 aromatic heterocycles. The van der Waals surface area contributed by atoms with Crippen LogP contribution in [0.15, 0.2) is 0 Å². The van der Waals surface area contributed by atoms with E-state index >= 15 is 0 Å². The van der Waals surface area contributed by atoms with E-state index in [1.165, 1.54) is 0 Å². The van der Waals surface area contributed by atoms with Crippen LogP contribution in [0.5, 0.6) is 0 Å². The normalized spacial score (nSPS) is 12.2. The van der Waals surface area contributed by atoms with Crippen molar-refractivity contribution < 1.29 is 46.4 Å². The van der Waals surface area contributed by atoms with Crippen LogP contribution in [0.25, 0.3) is 0 Å². The number of hydrogen-bond donors (Lipinski definition) is 1. The van der Waals surface area contributed by atoms with Gasteiger partial charge in [0, 0.05) is 28.8 Å². The van der Waals surface area contributed by atoms with Crippen molar-refractivity contribution in [1.29, 1.82) is 0 Å². The second kappa shape index (κ2) is 17.6. The molecule has 0 aromatic carbocycles. The SMILES string of the molecule is CCCCOC(O)(OCCCC)C(CC)(OCCCC)OCCCC.[Nb]. The summed E-state index contributed by atoms with van der Waals surface area (Å²) in [5.74, 6) is -3.17. The van der Waals surface area contributed by atoms with Crippen LogP contribution in [0.4, 0.5) is 0 Å². The van der Waals surface area contributed by atoms with Gasteiger partial charge in [0.15, 0.2) is 0 Å². The molecule has 0 aliphatic carbocycles. The van der Waals surface area contributed by atoms with Crippen molar-refractivity contribution in [3.63, 3.8) is 0 Å². The van der Waals surface area contributed by atoms with Crippen LogP contribution in [-0.2, 0) is 41.3 Å². The third-order valence-electron chi connectivity index (χ3n) is 4.20. The van der Waals surface area contributed by atoms with Gasteiger partial charge in [-0.15, -0.1) is 0 Å². The second-order valence-electron chi connectivity index (χ2n) is 6.50. The quantitative estimate of drug-likeness (QED) is 0.179. The van der Waals surface area contributed by atoms with Crippen LogP contribution in [0.3, 0.4) is 0 Å². The van der Waals surface area contributed by atoms with Crippen LogP contribution in [0.1, 0.15) is 92.4 Å². The Morgan fingerprint density at radius 2 is 0.885 bits per heavy atom. The molecule has 0 amide bonds. The van der Waals surface area contributed by atoms with Crippen molar-refractivity contribution in [3.8, 4) is 0 Å². The van der Waals surface area contributed by atoms with Crippen LogP contribution >= 0.6 is 0 Å². The van der Waals surface area contributed by atoms with Crippen LogP contribution in [0, 0.1) is 0 Å². The maximum atomic E-state index is 11.3. The predicted molar refractivity (Wildman–Crippen MR) is 101 cm³/mol.